The third kappa shape index (κ3) is 6.65. The summed E-state index contributed by atoms with van der Waals surface area (Å²) in [5, 5.41) is 8.17. The van der Waals surface area contributed by atoms with Gasteiger partial charge in [-0.05, 0) is 35.0 Å². The van der Waals surface area contributed by atoms with Crippen molar-refractivity contribution < 1.29 is 28.8 Å². The zero-order valence-corrected chi connectivity index (χ0v) is 25.8. The topological polar surface area (TPSA) is 168 Å². The monoisotopic (exact) mass is 583 g/mol. The fourth-order valence-electron chi connectivity index (χ4n) is 6.04. The molecule has 2 fully saturated rings. The van der Waals surface area contributed by atoms with Gasteiger partial charge in [0, 0.05) is 12.1 Å². The Balaban J connectivity index is 1.82. The first kappa shape index (κ1) is 32.8. The number of Topliss-reactive ketones (excluding diaryl/α,β-unsaturated/α-hetero) is 2. The van der Waals surface area contributed by atoms with E-state index in [1.165, 1.54) is 4.90 Å². The van der Waals surface area contributed by atoms with Crippen LogP contribution in [0.3, 0.4) is 0 Å². The second kappa shape index (κ2) is 12.2. The SMILES string of the molecule is CCC(NC(=O)[C@@H]1[C@@H]2[C@H](CN1C(=O)[C@@H](NC(=O)N[C@H](C(=O)c1ccccc1)C(C)C)C(C)(C)C)C2(C)C)C(=O)C(N)=O. The third-order valence-corrected chi connectivity index (χ3v) is 8.73. The Bertz CT molecular complexity index is 1240. The Morgan fingerprint density at radius 3 is 2.10 bits per heavy atom. The van der Waals surface area contributed by atoms with Crippen LogP contribution in [0, 0.1) is 28.6 Å². The molecule has 1 aromatic rings. The first-order valence-corrected chi connectivity index (χ1v) is 14.5. The van der Waals surface area contributed by atoms with Crippen molar-refractivity contribution in [3.8, 4) is 0 Å². The highest BCUT2D eigenvalue weighted by Gasteiger charge is 2.69. The minimum Gasteiger partial charge on any atom is -0.363 e. The number of ketones is 2. The van der Waals surface area contributed by atoms with Crippen LogP contribution < -0.4 is 21.7 Å². The summed E-state index contributed by atoms with van der Waals surface area (Å²) >= 11 is 0. The number of primary amides is 1. The van der Waals surface area contributed by atoms with Gasteiger partial charge >= 0.3 is 6.03 Å². The van der Waals surface area contributed by atoms with Crippen molar-refractivity contribution in [3.05, 3.63) is 35.9 Å². The summed E-state index contributed by atoms with van der Waals surface area (Å²) in [5.41, 5.74) is 4.68. The number of hydrogen-bond acceptors (Lipinski definition) is 6. The van der Waals surface area contributed by atoms with Crippen molar-refractivity contribution in [2.75, 3.05) is 6.54 Å². The van der Waals surface area contributed by atoms with E-state index in [-0.39, 0.29) is 35.4 Å². The van der Waals surface area contributed by atoms with Crippen LogP contribution in [0.5, 0.6) is 0 Å². The molecule has 1 aromatic carbocycles. The summed E-state index contributed by atoms with van der Waals surface area (Å²) in [4.78, 5) is 79.3. The van der Waals surface area contributed by atoms with E-state index in [0.717, 1.165) is 0 Å². The molecule has 230 valence electrons. The zero-order chi connectivity index (χ0) is 31.7. The van der Waals surface area contributed by atoms with Crippen molar-refractivity contribution in [1.29, 1.82) is 0 Å². The predicted octanol–water partition coefficient (Wildman–Crippen LogP) is 2.04. The van der Waals surface area contributed by atoms with Crippen molar-refractivity contribution in [2.45, 2.75) is 86.0 Å². The standard InChI is InChI=1S/C31H45N5O6/c1-9-19(24(38)26(32)39)33-27(40)22-20-18(31(20,7)8)15-36(22)28(41)25(30(4,5)6)35-29(42)34-21(16(2)3)23(37)17-13-11-10-12-14-17/h10-14,16,18-22,25H,9,15H2,1-8H3,(H2,32,39)(H,33,40)(H2,34,35,42)/t18-,19?,20-,21-,22-,25+/m0/s1. The second-order valence-corrected chi connectivity index (χ2v) is 13.5. The molecule has 11 heteroatoms. The maximum absolute atomic E-state index is 14.1. The van der Waals surface area contributed by atoms with Gasteiger partial charge in [0.25, 0.3) is 5.91 Å². The van der Waals surface area contributed by atoms with Crippen molar-refractivity contribution in [3.63, 3.8) is 0 Å². The van der Waals surface area contributed by atoms with Crippen LogP contribution >= 0.6 is 0 Å². The molecule has 11 nitrogen and oxygen atoms in total. The maximum Gasteiger partial charge on any atom is 0.316 e. The normalized spacial score (nSPS) is 22.8. The first-order chi connectivity index (χ1) is 19.4. The van der Waals surface area contributed by atoms with Gasteiger partial charge in [-0.2, -0.15) is 0 Å². The fraction of sp³-hybridized carbons (Fsp3) is 0.613. The molecule has 42 heavy (non-hydrogen) atoms. The Labute approximate surface area is 247 Å². The lowest BCUT2D eigenvalue weighted by atomic mass is 9.85. The van der Waals surface area contributed by atoms with Gasteiger partial charge in [-0.1, -0.05) is 85.7 Å². The molecule has 0 spiro atoms. The molecule has 1 heterocycles. The zero-order valence-electron chi connectivity index (χ0n) is 25.8. The van der Waals surface area contributed by atoms with Crippen LogP contribution in [0.1, 0.15) is 72.2 Å². The number of likely N-dealkylation sites (tertiary alicyclic amines) is 1. The van der Waals surface area contributed by atoms with Crippen LogP contribution in [0.25, 0.3) is 0 Å². The molecule has 1 aliphatic heterocycles. The molecule has 2 aliphatic rings. The quantitative estimate of drug-likeness (QED) is 0.230. The van der Waals surface area contributed by atoms with Crippen LogP contribution in [-0.2, 0) is 19.2 Å². The van der Waals surface area contributed by atoms with Crippen LogP contribution in [0.15, 0.2) is 30.3 Å². The molecule has 0 bridgehead atoms. The van der Waals surface area contributed by atoms with Crippen LogP contribution in [0.4, 0.5) is 4.79 Å². The highest BCUT2D eigenvalue weighted by atomic mass is 16.2. The summed E-state index contributed by atoms with van der Waals surface area (Å²) in [6.07, 6.45) is 0.163. The number of fused-ring (bicyclic) bond motifs is 1. The Morgan fingerprint density at radius 2 is 1.60 bits per heavy atom. The highest BCUT2D eigenvalue weighted by Crippen LogP contribution is 2.65. The first-order valence-electron chi connectivity index (χ1n) is 14.5. The van der Waals surface area contributed by atoms with Crippen molar-refractivity contribution >= 4 is 35.3 Å². The summed E-state index contributed by atoms with van der Waals surface area (Å²) in [5.74, 6) is -3.56. The largest absolute Gasteiger partial charge is 0.363 e. The van der Waals surface area contributed by atoms with E-state index in [1.807, 2.05) is 27.7 Å². The lowest BCUT2D eigenvalue weighted by Crippen LogP contribution is -2.62. The van der Waals surface area contributed by atoms with E-state index in [1.54, 1.807) is 58.0 Å². The molecular formula is C31H45N5O6. The van der Waals surface area contributed by atoms with Gasteiger partial charge in [0.05, 0.1) is 12.1 Å². The molecule has 6 atom stereocenters. The minimum atomic E-state index is -1.14. The number of urea groups is 1. The van der Waals surface area contributed by atoms with Gasteiger partial charge in [0.15, 0.2) is 5.78 Å². The number of piperidine rings is 1. The number of benzene rings is 1. The van der Waals surface area contributed by atoms with E-state index < -0.39 is 59.1 Å². The molecule has 1 unspecified atom stereocenters. The van der Waals surface area contributed by atoms with Crippen molar-refractivity contribution in [1.82, 2.24) is 20.9 Å². The van der Waals surface area contributed by atoms with Crippen LogP contribution in [-0.4, -0.2) is 70.9 Å². The molecule has 3 rings (SSSR count). The molecule has 1 saturated carbocycles. The van der Waals surface area contributed by atoms with Gasteiger partial charge in [-0.3, -0.25) is 24.0 Å². The summed E-state index contributed by atoms with van der Waals surface area (Å²) in [7, 11) is 0. The van der Waals surface area contributed by atoms with Gasteiger partial charge in [-0.25, -0.2) is 4.79 Å². The summed E-state index contributed by atoms with van der Waals surface area (Å²) in [6, 6.07) is 4.17. The number of nitrogens with one attached hydrogen (secondary N) is 3. The molecule has 0 aromatic heterocycles. The average molecular weight is 584 g/mol. The lowest BCUT2D eigenvalue weighted by molar-refractivity contribution is -0.145. The maximum atomic E-state index is 14.1. The number of carbonyl (C=O) groups excluding carboxylic acids is 6. The van der Waals surface area contributed by atoms with Gasteiger partial charge in [-0.15, -0.1) is 0 Å². The minimum absolute atomic E-state index is 0.0624. The van der Waals surface area contributed by atoms with E-state index >= 15 is 0 Å². The van der Waals surface area contributed by atoms with Crippen molar-refractivity contribution in [2.24, 2.45) is 34.3 Å². The Morgan fingerprint density at radius 1 is 1.00 bits per heavy atom. The molecule has 5 N–H and O–H groups in total. The van der Waals surface area contributed by atoms with Gasteiger partial charge in [0.2, 0.25) is 17.6 Å². The fourth-order valence-corrected chi connectivity index (χ4v) is 6.04. The number of nitrogens with two attached hydrogens (primary N) is 1. The molecule has 1 aliphatic carbocycles. The molecular weight excluding hydrogens is 538 g/mol. The molecule has 5 amide bonds. The Kier molecular flexibility index (Phi) is 9.54. The van der Waals surface area contributed by atoms with E-state index in [4.69, 9.17) is 5.73 Å². The number of rotatable bonds is 11. The third-order valence-electron chi connectivity index (χ3n) is 8.73. The van der Waals surface area contributed by atoms with E-state index in [9.17, 15) is 28.8 Å². The summed E-state index contributed by atoms with van der Waals surface area (Å²) in [6.45, 7) is 15.1. The number of amides is 5. The van der Waals surface area contributed by atoms with Crippen LogP contribution in [0.2, 0.25) is 0 Å². The highest BCUT2D eigenvalue weighted by molar-refractivity contribution is 6.37. The molecule has 0 radical (unpaired) electrons. The van der Waals surface area contributed by atoms with Gasteiger partial charge in [0.1, 0.15) is 12.1 Å². The van der Waals surface area contributed by atoms with E-state index in [2.05, 4.69) is 16.0 Å². The average Bonchev–Trinajstić information content (AvgIpc) is 3.23. The van der Waals surface area contributed by atoms with Gasteiger partial charge < -0.3 is 26.6 Å². The number of hydrogen-bond donors (Lipinski definition) is 4. The summed E-state index contributed by atoms with van der Waals surface area (Å²) < 4.78 is 0. The molecule has 1 saturated heterocycles. The van der Waals surface area contributed by atoms with E-state index in [0.29, 0.717) is 12.1 Å². The number of nitrogens with zero attached hydrogens (tertiary/aromatic N) is 1. The predicted molar refractivity (Wildman–Crippen MR) is 157 cm³/mol. The smallest absolute Gasteiger partial charge is 0.316 e. The number of carbonyl (C=O) groups is 6. The Hall–Kier alpha value is -3.76. The second-order valence-electron chi connectivity index (χ2n) is 13.5. The lowest BCUT2D eigenvalue weighted by Gasteiger charge is -2.38.